The maximum Gasteiger partial charge on any atom is 0.257 e. The standard InChI is InChI=1S/C37H31BN2O/c1-24-22-31-35-32(23-24)40(27-20-18-25(19-21-27)37(2,3)4)36-34(28-14-8-11-17-33(28)41-36)38(35)29-15-9-10-16-30(29)39(31)26-12-6-5-7-13-26/h5-23H,1-4H3. The van der Waals surface area contributed by atoms with Crippen LogP contribution in [0.3, 0.4) is 0 Å². The monoisotopic (exact) mass is 530 g/mol. The summed E-state index contributed by atoms with van der Waals surface area (Å²) in [4.78, 5) is 4.78. The van der Waals surface area contributed by atoms with Gasteiger partial charge in [-0.25, -0.2) is 0 Å². The van der Waals surface area contributed by atoms with E-state index in [0.29, 0.717) is 0 Å². The molecule has 6 aromatic rings. The van der Waals surface area contributed by atoms with Gasteiger partial charge in [-0.3, -0.25) is 4.90 Å². The Bertz CT molecular complexity index is 1950. The van der Waals surface area contributed by atoms with Crippen molar-refractivity contribution in [3.63, 3.8) is 0 Å². The Kier molecular flexibility index (Phi) is 5.09. The average molecular weight is 530 g/mol. The van der Waals surface area contributed by atoms with Gasteiger partial charge in [-0.1, -0.05) is 87.5 Å². The van der Waals surface area contributed by atoms with Crippen LogP contribution < -0.4 is 26.2 Å². The number of nitrogens with zero attached hydrogens (tertiary/aromatic N) is 2. The Morgan fingerprint density at radius 2 is 1.24 bits per heavy atom. The second kappa shape index (κ2) is 8.65. The van der Waals surface area contributed by atoms with E-state index in [0.717, 1.165) is 22.8 Å². The number of hydrogen-bond donors (Lipinski definition) is 0. The molecule has 198 valence electrons. The molecule has 0 amide bonds. The third kappa shape index (κ3) is 3.53. The number of benzene rings is 5. The number of fused-ring (bicyclic) bond motifs is 6. The normalized spacial score (nSPS) is 13.7. The van der Waals surface area contributed by atoms with Crippen LogP contribution in [-0.4, -0.2) is 6.71 Å². The topological polar surface area (TPSA) is 19.6 Å². The molecule has 0 fully saturated rings. The number of furan rings is 1. The number of hydrogen-bond acceptors (Lipinski definition) is 3. The molecule has 0 N–H and O–H groups in total. The van der Waals surface area contributed by atoms with Crippen molar-refractivity contribution in [3.8, 4) is 0 Å². The molecular weight excluding hydrogens is 499 g/mol. The summed E-state index contributed by atoms with van der Waals surface area (Å²) in [6.07, 6.45) is 0. The van der Waals surface area contributed by atoms with Gasteiger partial charge in [0.1, 0.15) is 5.58 Å². The summed E-state index contributed by atoms with van der Waals surface area (Å²) in [5.74, 6) is 0.909. The van der Waals surface area contributed by atoms with E-state index in [2.05, 4.69) is 153 Å². The van der Waals surface area contributed by atoms with E-state index >= 15 is 0 Å². The lowest BCUT2D eigenvalue weighted by Crippen LogP contribution is -2.61. The van der Waals surface area contributed by atoms with E-state index in [-0.39, 0.29) is 12.1 Å². The molecule has 0 aliphatic carbocycles. The van der Waals surface area contributed by atoms with Gasteiger partial charge in [0.25, 0.3) is 6.71 Å². The van der Waals surface area contributed by atoms with E-state index in [1.165, 1.54) is 50.0 Å². The van der Waals surface area contributed by atoms with Crippen molar-refractivity contribution in [2.45, 2.75) is 33.1 Å². The zero-order valence-corrected chi connectivity index (χ0v) is 23.8. The third-order valence-corrected chi connectivity index (χ3v) is 8.65. The first-order valence-corrected chi connectivity index (χ1v) is 14.4. The molecule has 3 nitrogen and oxygen atoms in total. The third-order valence-electron chi connectivity index (χ3n) is 8.65. The number of aryl methyl sites for hydroxylation is 1. The van der Waals surface area contributed by atoms with Crippen molar-refractivity contribution in [2.24, 2.45) is 0 Å². The molecular formula is C37H31BN2O. The Morgan fingerprint density at radius 3 is 2.00 bits per heavy atom. The Hall–Kier alpha value is -4.70. The highest BCUT2D eigenvalue weighted by Gasteiger charge is 2.46. The number of para-hydroxylation sites is 3. The molecule has 3 heterocycles. The van der Waals surface area contributed by atoms with Crippen molar-refractivity contribution in [3.05, 3.63) is 126 Å². The van der Waals surface area contributed by atoms with Crippen LogP contribution in [0.15, 0.2) is 120 Å². The predicted octanol–water partition coefficient (Wildman–Crippen LogP) is 8.12. The average Bonchev–Trinajstić information content (AvgIpc) is 3.36. The molecule has 0 radical (unpaired) electrons. The molecule has 0 unspecified atom stereocenters. The maximum atomic E-state index is 6.79. The van der Waals surface area contributed by atoms with E-state index < -0.39 is 0 Å². The van der Waals surface area contributed by atoms with Crippen LogP contribution in [0.2, 0.25) is 0 Å². The Labute approximate surface area is 241 Å². The summed E-state index contributed by atoms with van der Waals surface area (Å²) < 4.78 is 6.79. The Balaban J connectivity index is 1.47. The van der Waals surface area contributed by atoms with Crippen LogP contribution in [0.25, 0.3) is 11.0 Å². The van der Waals surface area contributed by atoms with Gasteiger partial charge in [0, 0.05) is 39.3 Å². The fraction of sp³-hybridized carbons (Fsp3) is 0.135. The van der Waals surface area contributed by atoms with Crippen LogP contribution in [0, 0.1) is 6.92 Å². The molecule has 0 saturated heterocycles. The number of anilines is 6. The molecule has 0 spiro atoms. The maximum absolute atomic E-state index is 6.79. The fourth-order valence-electron chi connectivity index (χ4n) is 6.77. The molecule has 0 atom stereocenters. The second-order valence-corrected chi connectivity index (χ2v) is 12.3. The quantitative estimate of drug-likeness (QED) is 0.211. The zero-order chi connectivity index (χ0) is 27.9. The van der Waals surface area contributed by atoms with Crippen LogP contribution in [-0.2, 0) is 5.41 Å². The largest absolute Gasteiger partial charge is 0.440 e. The smallest absolute Gasteiger partial charge is 0.257 e. The molecule has 0 bridgehead atoms. The summed E-state index contributed by atoms with van der Waals surface area (Å²) in [5.41, 5.74) is 13.3. The lowest BCUT2D eigenvalue weighted by Gasteiger charge is -2.42. The number of rotatable bonds is 2. The molecule has 1 aromatic heterocycles. The second-order valence-electron chi connectivity index (χ2n) is 12.3. The van der Waals surface area contributed by atoms with Crippen molar-refractivity contribution in [2.75, 3.05) is 9.80 Å². The first-order chi connectivity index (χ1) is 19.9. The lowest BCUT2D eigenvalue weighted by molar-refractivity contribution is 0.590. The first-order valence-electron chi connectivity index (χ1n) is 14.4. The highest BCUT2D eigenvalue weighted by Crippen LogP contribution is 2.46. The van der Waals surface area contributed by atoms with Gasteiger partial charge in [-0.15, -0.1) is 0 Å². The predicted molar refractivity (Wildman–Crippen MR) is 174 cm³/mol. The first kappa shape index (κ1) is 24.1. The Morgan fingerprint density at radius 1 is 0.610 bits per heavy atom. The lowest BCUT2D eigenvalue weighted by atomic mass is 9.33. The van der Waals surface area contributed by atoms with E-state index in [9.17, 15) is 0 Å². The minimum atomic E-state index is 0.0560. The summed E-state index contributed by atoms with van der Waals surface area (Å²) in [6.45, 7) is 9.04. The minimum Gasteiger partial charge on any atom is -0.440 e. The van der Waals surface area contributed by atoms with Crippen LogP contribution in [0.1, 0.15) is 31.9 Å². The van der Waals surface area contributed by atoms with Crippen molar-refractivity contribution in [1.82, 2.24) is 0 Å². The molecule has 41 heavy (non-hydrogen) atoms. The van der Waals surface area contributed by atoms with Gasteiger partial charge in [-0.2, -0.15) is 0 Å². The fourth-order valence-corrected chi connectivity index (χ4v) is 6.77. The zero-order valence-electron chi connectivity index (χ0n) is 23.8. The van der Waals surface area contributed by atoms with Crippen LogP contribution in [0.4, 0.5) is 34.3 Å². The SMILES string of the molecule is Cc1cc2c3c(c1)N(c1ccc(C(C)(C)C)cc1)c1oc4ccccc4c1B3c1ccccc1N2c1ccccc1. The van der Waals surface area contributed by atoms with Gasteiger partial charge in [0.05, 0.1) is 0 Å². The van der Waals surface area contributed by atoms with E-state index in [4.69, 9.17) is 4.42 Å². The summed E-state index contributed by atoms with van der Waals surface area (Å²) in [6, 6.07) is 41.8. The van der Waals surface area contributed by atoms with Crippen molar-refractivity contribution in [1.29, 1.82) is 0 Å². The molecule has 2 aliphatic rings. The van der Waals surface area contributed by atoms with Crippen LogP contribution >= 0.6 is 0 Å². The van der Waals surface area contributed by atoms with E-state index in [1.807, 2.05) is 0 Å². The van der Waals surface area contributed by atoms with Gasteiger partial charge >= 0.3 is 0 Å². The van der Waals surface area contributed by atoms with Crippen molar-refractivity contribution >= 4 is 68.4 Å². The molecule has 8 rings (SSSR count). The summed E-state index contributed by atoms with van der Waals surface area (Å²) >= 11 is 0. The molecule has 5 aromatic carbocycles. The van der Waals surface area contributed by atoms with E-state index in [1.54, 1.807) is 0 Å². The minimum absolute atomic E-state index is 0.0560. The van der Waals surface area contributed by atoms with Gasteiger partial charge in [-0.05, 0) is 82.9 Å². The molecule has 0 saturated carbocycles. The van der Waals surface area contributed by atoms with Gasteiger partial charge in [0.15, 0.2) is 0 Å². The summed E-state index contributed by atoms with van der Waals surface area (Å²) in [7, 11) is 0. The molecule has 4 heteroatoms. The highest BCUT2D eigenvalue weighted by atomic mass is 16.4. The van der Waals surface area contributed by atoms with Crippen LogP contribution in [0.5, 0.6) is 0 Å². The summed E-state index contributed by atoms with van der Waals surface area (Å²) in [5, 5.41) is 1.17. The highest BCUT2D eigenvalue weighted by molar-refractivity contribution is 7.01. The van der Waals surface area contributed by atoms with Gasteiger partial charge in [0.2, 0.25) is 5.88 Å². The van der Waals surface area contributed by atoms with Gasteiger partial charge < -0.3 is 9.32 Å². The van der Waals surface area contributed by atoms with Crippen molar-refractivity contribution < 1.29 is 4.42 Å². The molecule has 2 aliphatic heterocycles.